The molecule has 0 aliphatic rings. The van der Waals surface area contributed by atoms with Crippen LogP contribution >= 0.6 is 0 Å². The lowest BCUT2D eigenvalue weighted by Gasteiger charge is -2.21. The largest absolute Gasteiger partial charge is 0.508 e. The van der Waals surface area contributed by atoms with Crippen LogP contribution in [-0.4, -0.2) is 41.3 Å². The van der Waals surface area contributed by atoms with Crippen molar-refractivity contribution in [2.75, 3.05) is 6.54 Å². The summed E-state index contributed by atoms with van der Waals surface area (Å²) in [5.74, 6) is -6.77. The molecule has 0 saturated heterocycles. The molecule has 7 nitrogen and oxygen atoms in total. The predicted molar refractivity (Wildman–Crippen MR) is 104 cm³/mol. The van der Waals surface area contributed by atoms with E-state index in [1.54, 1.807) is 12.1 Å². The molecule has 1 aromatic rings. The van der Waals surface area contributed by atoms with E-state index in [4.69, 9.17) is 5.73 Å². The lowest BCUT2D eigenvalue weighted by atomic mass is 10.1. The van der Waals surface area contributed by atoms with Crippen molar-refractivity contribution in [3.63, 3.8) is 0 Å². The molecule has 0 saturated carbocycles. The molecule has 0 aliphatic heterocycles. The Bertz CT molecular complexity index is 681. The number of halogens is 2. The Morgan fingerprint density at radius 2 is 1.79 bits per heavy atom. The van der Waals surface area contributed by atoms with Crippen molar-refractivity contribution in [3.8, 4) is 5.75 Å². The first kappa shape index (κ1) is 24.3. The smallest absolute Gasteiger partial charge is 0.324 e. The lowest BCUT2D eigenvalue weighted by Crippen LogP contribution is -2.53. The van der Waals surface area contributed by atoms with Crippen LogP contribution in [-0.2, 0) is 20.8 Å². The number of carbonyl (C=O) groups is 3. The summed E-state index contributed by atoms with van der Waals surface area (Å²) < 4.78 is 28.1. The average molecular weight is 413 g/mol. The zero-order valence-electron chi connectivity index (χ0n) is 16.5. The molecule has 1 rings (SSSR count). The van der Waals surface area contributed by atoms with Crippen LogP contribution in [0.2, 0.25) is 0 Å². The van der Waals surface area contributed by atoms with Crippen LogP contribution in [0.3, 0.4) is 0 Å². The van der Waals surface area contributed by atoms with E-state index in [1.807, 2.05) is 12.2 Å². The Hall–Kier alpha value is -2.71. The van der Waals surface area contributed by atoms with Gasteiger partial charge in [0.1, 0.15) is 11.8 Å². The molecule has 0 fully saturated rings. The molecular weight excluding hydrogens is 384 g/mol. The predicted octanol–water partition coefficient (Wildman–Crippen LogP) is 2.02. The molecule has 0 bridgehead atoms. The number of primary amides is 1. The minimum atomic E-state index is -3.63. The highest BCUT2D eigenvalue weighted by molar-refractivity contribution is 5.93. The summed E-state index contributed by atoms with van der Waals surface area (Å²) in [4.78, 5) is 35.4. The molecular formula is C20H29F2N3O4. The average Bonchev–Trinajstić information content (AvgIpc) is 2.65. The fraction of sp³-hybridized carbons (Fsp3) is 0.550. The van der Waals surface area contributed by atoms with Gasteiger partial charge >= 0.3 is 5.92 Å². The van der Waals surface area contributed by atoms with E-state index in [1.165, 1.54) is 12.1 Å². The van der Waals surface area contributed by atoms with Crippen molar-refractivity contribution in [2.45, 2.75) is 63.8 Å². The van der Waals surface area contributed by atoms with E-state index in [9.17, 15) is 28.3 Å². The molecule has 5 N–H and O–H groups in total. The van der Waals surface area contributed by atoms with Gasteiger partial charge in [0.25, 0.3) is 5.91 Å². The lowest BCUT2D eigenvalue weighted by molar-refractivity contribution is -0.149. The highest BCUT2D eigenvalue weighted by Gasteiger charge is 2.40. The third kappa shape index (κ3) is 9.36. The maximum absolute atomic E-state index is 14.0. The van der Waals surface area contributed by atoms with Crippen LogP contribution in [0.15, 0.2) is 24.3 Å². The molecule has 1 atom stereocenters. The molecule has 0 heterocycles. The number of hydrogen-bond donors (Lipinski definition) is 4. The van der Waals surface area contributed by atoms with Crippen molar-refractivity contribution in [2.24, 2.45) is 5.73 Å². The van der Waals surface area contributed by atoms with E-state index in [0.717, 1.165) is 18.4 Å². The van der Waals surface area contributed by atoms with Crippen LogP contribution in [0, 0.1) is 0 Å². The van der Waals surface area contributed by atoms with Gasteiger partial charge in [-0.25, -0.2) is 0 Å². The summed E-state index contributed by atoms with van der Waals surface area (Å²) in [5.41, 5.74) is 5.91. The van der Waals surface area contributed by atoms with Crippen LogP contribution < -0.4 is 16.4 Å². The minimum absolute atomic E-state index is 0.109. The quantitative estimate of drug-likeness (QED) is 0.370. The third-order valence-corrected chi connectivity index (χ3v) is 4.35. The van der Waals surface area contributed by atoms with Crippen LogP contribution in [0.5, 0.6) is 5.75 Å². The number of alkyl halides is 2. The number of nitrogens with one attached hydrogen (secondary N) is 2. The van der Waals surface area contributed by atoms with Gasteiger partial charge in [-0.05, 0) is 30.5 Å². The fourth-order valence-corrected chi connectivity index (χ4v) is 2.68. The number of aromatic hydroxyl groups is 1. The fourth-order valence-electron chi connectivity index (χ4n) is 2.68. The van der Waals surface area contributed by atoms with Crippen LogP contribution in [0.1, 0.15) is 51.0 Å². The van der Waals surface area contributed by atoms with E-state index in [-0.39, 0.29) is 18.7 Å². The van der Waals surface area contributed by atoms with Crippen molar-refractivity contribution >= 4 is 17.7 Å². The Balaban J connectivity index is 2.60. The zero-order valence-corrected chi connectivity index (χ0v) is 16.5. The summed E-state index contributed by atoms with van der Waals surface area (Å²) in [7, 11) is 0. The molecule has 0 unspecified atom stereocenters. The summed E-state index contributed by atoms with van der Waals surface area (Å²) in [6, 6.07) is 4.86. The number of amides is 3. The highest BCUT2D eigenvalue weighted by atomic mass is 19.3. The second-order valence-corrected chi connectivity index (χ2v) is 6.92. The number of hydrogen-bond acceptors (Lipinski definition) is 4. The van der Waals surface area contributed by atoms with Gasteiger partial charge in [0.15, 0.2) is 0 Å². The first-order valence-corrected chi connectivity index (χ1v) is 9.68. The normalized spacial score (nSPS) is 12.2. The standard InChI is InChI=1S/C20H29F2N3O4/c1-2-3-4-5-11-20(21,22)19(29)25-16(13-17(23)27)18(28)24-12-10-14-6-8-15(26)9-7-14/h6-9,16,26H,2-5,10-13H2,1H3,(H2,23,27)(H,24,28)(H,25,29)/t16-/m1/s1. The minimum Gasteiger partial charge on any atom is -0.508 e. The van der Waals surface area contributed by atoms with Crippen LogP contribution in [0.25, 0.3) is 0 Å². The molecule has 9 heteroatoms. The van der Waals surface area contributed by atoms with E-state index in [0.29, 0.717) is 12.8 Å². The van der Waals surface area contributed by atoms with E-state index in [2.05, 4.69) is 5.32 Å². The Morgan fingerprint density at radius 3 is 2.38 bits per heavy atom. The van der Waals surface area contributed by atoms with Gasteiger partial charge in [-0.15, -0.1) is 0 Å². The number of carbonyl (C=O) groups excluding carboxylic acids is 3. The number of phenols is 1. The summed E-state index contributed by atoms with van der Waals surface area (Å²) >= 11 is 0. The number of unbranched alkanes of at least 4 members (excludes halogenated alkanes) is 3. The monoisotopic (exact) mass is 413 g/mol. The molecule has 162 valence electrons. The Labute approximate surface area is 169 Å². The molecule has 0 aromatic heterocycles. The maximum atomic E-state index is 14.0. The van der Waals surface area contributed by atoms with Crippen molar-refractivity contribution in [3.05, 3.63) is 29.8 Å². The Kier molecular flexibility index (Phi) is 10.1. The number of nitrogens with two attached hydrogens (primary N) is 1. The number of rotatable bonds is 13. The highest BCUT2D eigenvalue weighted by Crippen LogP contribution is 2.22. The second-order valence-electron chi connectivity index (χ2n) is 6.92. The van der Waals surface area contributed by atoms with Gasteiger partial charge in [0, 0.05) is 13.0 Å². The van der Waals surface area contributed by atoms with Gasteiger partial charge in [0.05, 0.1) is 6.42 Å². The first-order valence-electron chi connectivity index (χ1n) is 9.68. The van der Waals surface area contributed by atoms with Gasteiger partial charge in [-0.2, -0.15) is 8.78 Å². The molecule has 0 aliphatic carbocycles. The van der Waals surface area contributed by atoms with Gasteiger partial charge in [-0.3, -0.25) is 14.4 Å². The summed E-state index contributed by atoms with van der Waals surface area (Å²) in [5, 5.41) is 13.7. The van der Waals surface area contributed by atoms with Crippen molar-refractivity contribution in [1.82, 2.24) is 10.6 Å². The molecule has 0 spiro atoms. The van der Waals surface area contributed by atoms with E-state index >= 15 is 0 Å². The Morgan fingerprint density at radius 1 is 1.14 bits per heavy atom. The second kappa shape index (κ2) is 12.0. The topological polar surface area (TPSA) is 122 Å². The SMILES string of the molecule is CCCCCCC(F)(F)C(=O)N[C@H](CC(N)=O)C(=O)NCCc1ccc(O)cc1. The molecule has 3 amide bonds. The van der Waals surface area contributed by atoms with E-state index < -0.39 is 42.5 Å². The molecule has 0 radical (unpaired) electrons. The third-order valence-electron chi connectivity index (χ3n) is 4.35. The summed E-state index contributed by atoms with van der Waals surface area (Å²) in [6.45, 7) is 2.10. The van der Waals surface area contributed by atoms with Crippen molar-refractivity contribution in [1.29, 1.82) is 0 Å². The molecule has 1 aromatic carbocycles. The summed E-state index contributed by atoms with van der Waals surface area (Å²) in [6.07, 6.45) is 1.66. The number of phenolic OH excluding ortho intramolecular Hbond substituents is 1. The van der Waals surface area contributed by atoms with Gasteiger partial charge < -0.3 is 21.5 Å². The number of benzene rings is 1. The molecule has 29 heavy (non-hydrogen) atoms. The first-order chi connectivity index (χ1) is 13.7. The van der Waals surface area contributed by atoms with Gasteiger partial charge in [-0.1, -0.05) is 38.3 Å². The maximum Gasteiger partial charge on any atom is 0.324 e. The van der Waals surface area contributed by atoms with Crippen molar-refractivity contribution < 1.29 is 28.3 Å². The zero-order chi connectivity index (χ0) is 21.9. The van der Waals surface area contributed by atoms with Crippen LogP contribution in [0.4, 0.5) is 8.78 Å². The van der Waals surface area contributed by atoms with Gasteiger partial charge in [0.2, 0.25) is 11.8 Å².